The Morgan fingerprint density at radius 3 is 2.67 bits per heavy atom. The molecule has 0 aromatic carbocycles. The van der Waals surface area contributed by atoms with Crippen LogP contribution in [0.5, 0.6) is 0 Å². The molecule has 0 spiro atoms. The number of pyridine rings is 1. The molecule has 0 saturated carbocycles. The van der Waals surface area contributed by atoms with Gasteiger partial charge in [0, 0.05) is 14.1 Å². The second-order valence-corrected chi connectivity index (χ2v) is 2.93. The molecule has 1 aromatic heterocycles. The maximum Gasteiger partial charge on any atom is 0.140 e. The van der Waals surface area contributed by atoms with Crippen molar-refractivity contribution in [3.05, 3.63) is 17.8 Å². The third-order valence-electron chi connectivity index (χ3n) is 1.49. The second-order valence-electron chi connectivity index (χ2n) is 2.93. The monoisotopic (exact) mass is 166 g/mol. The lowest BCUT2D eigenvalue weighted by Crippen LogP contribution is -2.20. The predicted octanol–water partition coefficient (Wildman–Crippen LogP) is 0.861. The van der Waals surface area contributed by atoms with Crippen molar-refractivity contribution in [1.29, 1.82) is 0 Å². The molecule has 4 heteroatoms. The van der Waals surface area contributed by atoms with Gasteiger partial charge in [0.1, 0.15) is 5.82 Å². The fourth-order valence-electron chi connectivity index (χ4n) is 0.857. The van der Waals surface area contributed by atoms with Gasteiger partial charge in [-0.25, -0.2) is 9.99 Å². The van der Waals surface area contributed by atoms with E-state index in [1.165, 1.54) is 0 Å². The van der Waals surface area contributed by atoms with Crippen LogP contribution in [-0.2, 0) is 0 Å². The van der Waals surface area contributed by atoms with Crippen LogP contribution < -0.4 is 11.2 Å². The first-order chi connectivity index (χ1) is 5.59. The van der Waals surface area contributed by atoms with E-state index in [2.05, 4.69) is 10.4 Å². The number of nitrogens with zero attached hydrogens (tertiary/aromatic N) is 2. The molecule has 0 unspecified atom stereocenters. The normalized spacial score (nSPS) is 10.3. The van der Waals surface area contributed by atoms with Crippen LogP contribution in [0.4, 0.5) is 11.5 Å². The fourth-order valence-corrected chi connectivity index (χ4v) is 0.857. The van der Waals surface area contributed by atoms with Crippen molar-refractivity contribution in [2.75, 3.05) is 25.3 Å². The summed E-state index contributed by atoms with van der Waals surface area (Å²) in [6.45, 7) is 1.96. The Morgan fingerprint density at radius 2 is 2.17 bits per heavy atom. The lowest BCUT2D eigenvalue weighted by molar-refractivity contribution is 0.492. The number of aromatic nitrogens is 1. The van der Waals surface area contributed by atoms with E-state index >= 15 is 0 Å². The standard InChI is InChI=1S/C8H14N4/c1-6-4-8(11-12(2)3)10-5-7(6)9/h4-5H,9H2,1-3H3,(H,10,11). The quantitative estimate of drug-likeness (QED) is 0.640. The minimum atomic E-state index is 0.722. The third kappa shape index (κ3) is 2.10. The van der Waals surface area contributed by atoms with Crippen molar-refractivity contribution in [2.24, 2.45) is 0 Å². The maximum atomic E-state index is 5.62. The molecule has 0 aliphatic carbocycles. The summed E-state index contributed by atoms with van der Waals surface area (Å²) in [7, 11) is 3.82. The average molecular weight is 166 g/mol. The lowest BCUT2D eigenvalue weighted by Gasteiger charge is -2.12. The summed E-state index contributed by atoms with van der Waals surface area (Å²) < 4.78 is 0. The van der Waals surface area contributed by atoms with E-state index in [9.17, 15) is 0 Å². The Hall–Kier alpha value is -1.29. The van der Waals surface area contributed by atoms with Crippen molar-refractivity contribution >= 4 is 11.5 Å². The highest BCUT2D eigenvalue weighted by Crippen LogP contribution is 2.12. The van der Waals surface area contributed by atoms with Crippen LogP contribution in [0.2, 0.25) is 0 Å². The lowest BCUT2D eigenvalue weighted by atomic mass is 10.2. The molecule has 12 heavy (non-hydrogen) atoms. The minimum Gasteiger partial charge on any atom is -0.397 e. The molecular weight excluding hydrogens is 152 g/mol. The van der Waals surface area contributed by atoms with E-state index in [1.54, 1.807) is 6.20 Å². The van der Waals surface area contributed by atoms with Gasteiger partial charge in [-0.1, -0.05) is 0 Å². The maximum absolute atomic E-state index is 5.62. The summed E-state index contributed by atoms with van der Waals surface area (Å²) in [4.78, 5) is 4.10. The molecule has 0 radical (unpaired) electrons. The molecule has 1 aromatic rings. The zero-order valence-electron chi connectivity index (χ0n) is 7.63. The zero-order valence-corrected chi connectivity index (χ0v) is 7.63. The Morgan fingerprint density at radius 1 is 1.50 bits per heavy atom. The SMILES string of the molecule is Cc1cc(NN(C)C)ncc1N. The molecule has 0 atom stereocenters. The predicted molar refractivity (Wildman–Crippen MR) is 50.7 cm³/mol. The van der Waals surface area contributed by atoms with Crippen molar-refractivity contribution in [3.8, 4) is 0 Å². The fraction of sp³-hybridized carbons (Fsp3) is 0.375. The summed E-state index contributed by atoms with van der Waals surface area (Å²) in [6.07, 6.45) is 1.65. The first-order valence-electron chi connectivity index (χ1n) is 3.75. The average Bonchev–Trinajstić information content (AvgIpc) is 1.96. The van der Waals surface area contributed by atoms with Gasteiger partial charge in [-0.2, -0.15) is 0 Å². The molecule has 0 amide bonds. The third-order valence-corrected chi connectivity index (χ3v) is 1.49. The van der Waals surface area contributed by atoms with Crippen LogP contribution in [0.15, 0.2) is 12.3 Å². The number of nitrogen functional groups attached to an aromatic ring is 1. The van der Waals surface area contributed by atoms with E-state index in [-0.39, 0.29) is 0 Å². The minimum absolute atomic E-state index is 0.722. The van der Waals surface area contributed by atoms with Gasteiger partial charge in [0.15, 0.2) is 0 Å². The van der Waals surface area contributed by atoms with Crippen LogP contribution in [-0.4, -0.2) is 24.1 Å². The molecular formula is C8H14N4. The van der Waals surface area contributed by atoms with Gasteiger partial charge in [0.05, 0.1) is 11.9 Å². The molecule has 3 N–H and O–H groups in total. The van der Waals surface area contributed by atoms with Crippen molar-refractivity contribution in [2.45, 2.75) is 6.92 Å². The molecule has 0 fully saturated rings. The number of hydrogen-bond acceptors (Lipinski definition) is 4. The largest absolute Gasteiger partial charge is 0.397 e. The molecule has 4 nitrogen and oxygen atoms in total. The van der Waals surface area contributed by atoms with Gasteiger partial charge in [-0.15, -0.1) is 0 Å². The van der Waals surface area contributed by atoms with E-state index in [0.29, 0.717) is 0 Å². The van der Waals surface area contributed by atoms with Crippen molar-refractivity contribution < 1.29 is 0 Å². The highest BCUT2D eigenvalue weighted by molar-refractivity contribution is 5.50. The number of aryl methyl sites for hydroxylation is 1. The Labute approximate surface area is 72.4 Å². The molecule has 0 aliphatic rings. The van der Waals surface area contributed by atoms with Crippen molar-refractivity contribution in [1.82, 2.24) is 9.99 Å². The van der Waals surface area contributed by atoms with E-state index < -0.39 is 0 Å². The number of rotatable bonds is 2. The zero-order chi connectivity index (χ0) is 9.14. The van der Waals surface area contributed by atoms with Crippen LogP contribution >= 0.6 is 0 Å². The van der Waals surface area contributed by atoms with Gasteiger partial charge < -0.3 is 11.2 Å². The Kier molecular flexibility index (Phi) is 2.50. The number of hydrazine groups is 1. The first-order valence-corrected chi connectivity index (χ1v) is 3.75. The summed E-state index contributed by atoms with van der Waals surface area (Å²) in [5.41, 5.74) is 10.4. The molecule has 1 heterocycles. The second kappa shape index (κ2) is 3.40. The number of anilines is 2. The summed E-state index contributed by atoms with van der Waals surface area (Å²) >= 11 is 0. The Bertz CT molecular complexity index is 270. The van der Waals surface area contributed by atoms with Crippen molar-refractivity contribution in [3.63, 3.8) is 0 Å². The summed E-state index contributed by atoms with van der Waals surface area (Å²) in [5.74, 6) is 0.812. The first kappa shape index (κ1) is 8.80. The van der Waals surface area contributed by atoms with Gasteiger partial charge >= 0.3 is 0 Å². The number of hydrogen-bond donors (Lipinski definition) is 2. The smallest absolute Gasteiger partial charge is 0.140 e. The van der Waals surface area contributed by atoms with Crippen LogP contribution in [0.1, 0.15) is 5.56 Å². The summed E-state index contributed by atoms with van der Waals surface area (Å²) in [5, 5.41) is 1.83. The molecule has 0 bridgehead atoms. The molecule has 0 saturated heterocycles. The van der Waals surface area contributed by atoms with Crippen LogP contribution in [0.25, 0.3) is 0 Å². The van der Waals surface area contributed by atoms with Gasteiger partial charge in [-0.3, -0.25) is 0 Å². The van der Waals surface area contributed by atoms with Gasteiger partial charge in [0.25, 0.3) is 0 Å². The van der Waals surface area contributed by atoms with E-state index in [4.69, 9.17) is 5.73 Å². The molecule has 0 aliphatic heterocycles. The Balaban J connectivity index is 2.82. The topological polar surface area (TPSA) is 54.2 Å². The van der Waals surface area contributed by atoms with E-state index in [1.807, 2.05) is 32.1 Å². The van der Waals surface area contributed by atoms with E-state index in [0.717, 1.165) is 17.1 Å². The van der Waals surface area contributed by atoms with Gasteiger partial charge in [-0.05, 0) is 18.6 Å². The number of nitrogens with two attached hydrogens (primary N) is 1. The van der Waals surface area contributed by atoms with Crippen LogP contribution in [0, 0.1) is 6.92 Å². The highest BCUT2D eigenvalue weighted by Gasteiger charge is 1.97. The summed E-state index contributed by atoms with van der Waals surface area (Å²) in [6, 6.07) is 1.91. The molecule has 1 rings (SSSR count). The van der Waals surface area contributed by atoms with Gasteiger partial charge in [0.2, 0.25) is 0 Å². The van der Waals surface area contributed by atoms with Crippen LogP contribution in [0.3, 0.4) is 0 Å². The molecule has 66 valence electrons. The number of nitrogens with one attached hydrogen (secondary N) is 1. The highest BCUT2D eigenvalue weighted by atomic mass is 15.5.